The largest absolute Gasteiger partial charge is 0.481 e. The number of nitrogens with one attached hydrogen (secondary N) is 1. The first-order chi connectivity index (χ1) is 13.6. The zero-order valence-corrected chi connectivity index (χ0v) is 15.5. The van der Waals surface area contributed by atoms with Crippen LogP contribution < -0.4 is 10.1 Å². The molecule has 1 amide bonds. The molecule has 1 aromatic carbocycles. The van der Waals surface area contributed by atoms with Crippen molar-refractivity contribution in [2.75, 3.05) is 26.7 Å². The van der Waals surface area contributed by atoms with Crippen molar-refractivity contribution >= 4 is 17.7 Å². The van der Waals surface area contributed by atoms with Crippen molar-refractivity contribution < 1.29 is 41.8 Å². The molecule has 1 aliphatic heterocycles. The summed E-state index contributed by atoms with van der Waals surface area (Å²) in [7, 11) is 1.88. The molecular formula is C18H20F4N2O5. The lowest BCUT2D eigenvalue weighted by atomic mass is 9.95. The lowest BCUT2D eigenvalue weighted by molar-refractivity contribution is -0.141. The van der Waals surface area contributed by atoms with E-state index >= 15 is 0 Å². The van der Waals surface area contributed by atoms with E-state index in [1.54, 1.807) is 0 Å². The number of benzene rings is 1. The second-order valence-corrected chi connectivity index (χ2v) is 6.79. The molecule has 1 aliphatic rings. The maximum atomic E-state index is 13.6. The average Bonchev–Trinajstić information content (AvgIpc) is 2.65. The highest BCUT2D eigenvalue weighted by molar-refractivity contribution is 5.93. The summed E-state index contributed by atoms with van der Waals surface area (Å²) in [5.41, 5.74) is 0. The van der Waals surface area contributed by atoms with Crippen molar-refractivity contribution in [1.82, 2.24) is 10.2 Å². The highest BCUT2D eigenvalue weighted by Crippen LogP contribution is 2.26. The van der Waals surface area contributed by atoms with Crippen molar-refractivity contribution in [3.8, 4) is 5.75 Å². The minimum Gasteiger partial charge on any atom is -0.481 e. The van der Waals surface area contributed by atoms with Crippen molar-refractivity contribution in [2.24, 2.45) is 5.92 Å². The maximum absolute atomic E-state index is 13.6. The number of piperidine rings is 1. The summed E-state index contributed by atoms with van der Waals surface area (Å²) in [5, 5.41) is 11.3. The number of amides is 1. The highest BCUT2D eigenvalue weighted by atomic mass is 19.2. The summed E-state index contributed by atoms with van der Waals surface area (Å²) >= 11 is 0. The minimum absolute atomic E-state index is 0.0194. The van der Waals surface area contributed by atoms with Gasteiger partial charge in [-0.2, -0.15) is 8.78 Å². The molecule has 11 heteroatoms. The van der Waals surface area contributed by atoms with E-state index in [2.05, 4.69) is 10.1 Å². The van der Waals surface area contributed by atoms with Crippen molar-refractivity contribution in [1.29, 1.82) is 0 Å². The second-order valence-electron chi connectivity index (χ2n) is 6.79. The molecule has 0 aliphatic carbocycles. The summed E-state index contributed by atoms with van der Waals surface area (Å²) in [6.07, 6.45) is 0.251. The van der Waals surface area contributed by atoms with Gasteiger partial charge < -0.3 is 20.1 Å². The van der Waals surface area contributed by atoms with E-state index in [1.165, 1.54) is 0 Å². The number of carbonyl (C=O) groups is 3. The van der Waals surface area contributed by atoms with Gasteiger partial charge in [-0.15, -0.1) is 0 Å². The van der Waals surface area contributed by atoms with Gasteiger partial charge in [-0.05, 0) is 33.0 Å². The molecule has 0 saturated carbocycles. The van der Waals surface area contributed by atoms with Crippen molar-refractivity contribution in [3.05, 3.63) is 29.3 Å². The molecule has 0 radical (unpaired) electrons. The molecule has 1 unspecified atom stereocenters. The number of nitrogens with zero attached hydrogens (tertiary/aromatic N) is 1. The number of carbonyl (C=O) groups excluding carboxylic acids is 2. The third-order valence-electron chi connectivity index (χ3n) is 4.60. The van der Waals surface area contributed by atoms with Crippen LogP contribution in [0, 0.1) is 29.2 Å². The van der Waals surface area contributed by atoms with Crippen LogP contribution in [0.15, 0.2) is 6.07 Å². The topological polar surface area (TPSA) is 95.9 Å². The molecule has 2 N–H and O–H groups in total. The molecule has 0 bridgehead atoms. The quantitative estimate of drug-likeness (QED) is 0.489. The molecule has 1 atom stereocenters. The van der Waals surface area contributed by atoms with Gasteiger partial charge in [0.25, 0.3) is 0 Å². The molecule has 0 aromatic heterocycles. The SMILES string of the molecule is CN1CCC(C(=O)NC(CC(=O)O)C(=O)COc2c(F)c(F)cc(F)c2F)CC1. The highest BCUT2D eigenvalue weighted by Gasteiger charge is 2.30. The lowest BCUT2D eigenvalue weighted by Crippen LogP contribution is -2.48. The number of hydrogen-bond acceptors (Lipinski definition) is 5. The predicted molar refractivity (Wildman–Crippen MR) is 91.2 cm³/mol. The summed E-state index contributed by atoms with van der Waals surface area (Å²) in [4.78, 5) is 37.6. The number of aliphatic carboxylic acids is 1. The standard InChI is InChI=1S/C18H20F4N2O5/c1-24-4-2-9(3-5-24)18(28)23-12(7-14(26)27)13(25)8-29-17-15(21)10(19)6-11(20)16(17)22/h6,9,12H,2-5,7-8H2,1H3,(H,23,28)(H,26,27). The van der Waals surface area contributed by atoms with Crippen LogP contribution in [0.25, 0.3) is 0 Å². The van der Waals surface area contributed by atoms with E-state index in [4.69, 9.17) is 5.11 Å². The van der Waals surface area contributed by atoms with Gasteiger partial charge in [0, 0.05) is 12.0 Å². The van der Waals surface area contributed by atoms with Crippen LogP contribution >= 0.6 is 0 Å². The molecule has 1 saturated heterocycles. The van der Waals surface area contributed by atoms with E-state index in [1.807, 2.05) is 11.9 Å². The Morgan fingerprint density at radius 2 is 1.72 bits per heavy atom. The number of ether oxygens (including phenoxy) is 1. The first kappa shape index (κ1) is 22.6. The van der Waals surface area contributed by atoms with Crippen LogP contribution in [0.4, 0.5) is 17.6 Å². The smallest absolute Gasteiger partial charge is 0.305 e. The Kier molecular flexibility index (Phi) is 7.54. The summed E-state index contributed by atoms with van der Waals surface area (Å²) in [6, 6.07) is -1.54. The van der Waals surface area contributed by atoms with Gasteiger partial charge in [0.05, 0.1) is 6.42 Å². The molecule has 0 spiro atoms. The van der Waals surface area contributed by atoms with Gasteiger partial charge in [-0.1, -0.05) is 0 Å². The van der Waals surface area contributed by atoms with Gasteiger partial charge in [0.2, 0.25) is 17.5 Å². The van der Waals surface area contributed by atoms with Crippen LogP contribution in [0.3, 0.4) is 0 Å². The van der Waals surface area contributed by atoms with Gasteiger partial charge in [0.1, 0.15) is 12.6 Å². The van der Waals surface area contributed by atoms with Crippen LogP contribution in [-0.2, 0) is 14.4 Å². The maximum Gasteiger partial charge on any atom is 0.305 e. The lowest BCUT2D eigenvalue weighted by Gasteiger charge is -2.29. The zero-order chi connectivity index (χ0) is 21.7. The molecule has 1 heterocycles. The fourth-order valence-corrected chi connectivity index (χ4v) is 2.90. The number of Topliss-reactive ketones (excluding diaryl/α,β-unsaturated/α-hetero) is 1. The number of carboxylic acid groups (broad SMARTS) is 1. The van der Waals surface area contributed by atoms with E-state index < -0.39 is 71.7 Å². The summed E-state index contributed by atoms with van der Waals surface area (Å²) in [6.45, 7) is 0.216. The fraction of sp³-hybridized carbons (Fsp3) is 0.500. The first-order valence-corrected chi connectivity index (χ1v) is 8.79. The number of carboxylic acids is 1. The molecule has 2 rings (SSSR count). The Labute approximate surface area is 163 Å². The first-order valence-electron chi connectivity index (χ1n) is 8.79. The number of likely N-dealkylation sites (tertiary alicyclic amines) is 1. The van der Waals surface area contributed by atoms with E-state index in [-0.39, 0.29) is 6.07 Å². The average molecular weight is 420 g/mol. The fourth-order valence-electron chi connectivity index (χ4n) is 2.90. The Morgan fingerprint density at radius 1 is 1.17 bits per heavy atom. The third kappa shape index (κ3) is 5.89. The molecular weight excluding hydrogens is 400 g/mol. The van der Waals surface area contributed by atoms with Crippen LogP contribution in [-0.4, -0.2) is 60.5 Å². The van der Waals surface area contributed by atoms with E-state index in [0.29, 0.717) is 25.9 Å². The number of halogens is 4. The molecule has 160 valence electrons. The molecule has 29 heavy (non-hydrogen) atoms. The Bertz CT molecular complexity index is 771. The minimum atomic E-state index is -1.83. The van der Waals surface area contributed by atoms with E-state index in [0.717, 1.165) is 0 Å². The monoisotopic (exact) mass is 420 g/mol. The predicted octanol–water partition coefficient (Wildman–Crippen LogP) is 1.49. The van der Waals surface area contributed by atoms with Crippen molar-refractivity contribution in [3.63, 3.8) is 0 Å². The van der Waals surface area contributed by atoms with Crippen LogP contribution in [0.5, 0.6) is 5.75 Å². The normalized spacial score (nSPS) is 16.3. The molecule has 1 aromatic rings. The number of rotatable bonds is 8. The molecule has 1 fully saturated rings. The van der Waals surface area contributed by atoms with Crippen LogP contribution in [0.2, 0.25) is 0 Å². The van der Waals surface area contributed by atoms with Gasteiger partial charge >= 0.3 is 5.97 Å². The van der Waals surface area contributed by atoms with E-state index in [9.17, 15) is 31.9 Å². The van der Waals surface area contributed by atoms with Crippen molar-refractivity contribution in [2.45, 2.75) is 25.3 Å². The Balaban J connectivity index is 2.06. The Morgan fingerprint density at radius 3 is 2.24 bits per heavy atom. The van der Waals surface area contributed by atoms with Gasteiger partial charge in [-0.3, -0.25) is 14.4 Å². The number of hydrogen-bond donors (Lipinski definition) is 2. The Hall–Kier alpha value is -2.69. The van der Waals surface area contributed by atoms with Gasteiger partial charge in [0.15, 0.2) is 23.2 Å². The number of ketones is 1. The third-order valence-corrected chi connectivity index (χ3v) is 4.60. The second kappa shape index (κ2) is 9.68. The van der Waals surface area contributed by atoms with Crippen LogP contribution in [0.1, 0.15) is 19.3 Å². The van der Waals surface area contributed by atoms with Gasteiger partial charge in [-0.25, -0.2) is 8.78 Å². The molecule has 7 nitrogen and oxygen atoms in total. The summed E-state index contributed by atoms with van der Waals surface area (Å²) < 4.78 is 58.2. The summed E-state index contributed by atoms with van der Waals surface area (Å²) in [5.74, 6) is -11.9. The zero-order valence-electron chi connectivity index (χ0n) is 15.5.